The number of hydrogen-bond acceptors (Lipinski definition) is 3. The lowest BCUT2D eigenvalue weighted by Gasteiger charge is -2.32. The average Bonchev–Trinajstić information content (AvgIpc) is 3.07. The van der Waals surface area contributed by atoms with Crippen molar-refractivity contribution in [1.82, 2.24) is 14.9 Å². The summed E-state index contributed by atoms with van der Waals surface area (Å²) in [6.45, 7) is 7.32. The van der Waals surface area contributed by atoms with Crippen LogP contribution in [0.15, 0.2) is 48.5 Å². The van der Waals surface area contributed by atoms with Crippen molar-refractivity contribution in [2.45, 2.75) is 33.2 Å². The van der Waals surface area contributed by atoms with E-state index in [4.69, 9.17) is 4.98 Å². The Morgan fingerprint density at radius 3 is 2.68 bits per heavy atom. The fraction of sp³-hybridized carbons (Fsp3) is 0.391. The summed E-state index contributed by atoms with van der Waals surface area (Å²) in [4.78, 5) is 19.5. The number of anilines is 1. The van der Waals surface area contributed by atoms with Crippen LogP contribution in [0.2, 0.25) is 0 Å². The minimum Gasteiger partial charge on any atom is -0.356 e. The van der Waals surface area contributed by atoms with Crippen LogP contribution in [-0.2, 0) is 11.3 Å². The third kappa shape index (κ3) is 3.75. The number of benzene rings is 2. The van der Waals surface area contributed by atoms with Crippen molar-refractivity contribution < 1.29 is 4.79 Å². The first-order chi connectivity index (χ1) is 13.7. The molecule has 1 saturated heterocycles. The summed E-state index contributed by atoms with van der Waals surface area (Å²) in [5.74, 6) is 1.32. The maximum Gasteiger partial charge on any atom is 0.223 e. The second-order valence-electron chi connectivity index (χ2n) is 7.63. The molecule has 1 amide bonds. The Balaban J connectivity index is 1.61. The molecule has 2 aromatic carbocycles. The summed E-state index contributed by atoms with van der Waals surface area (Å²) in [6, 6.07) is 17.0. The number of carbonyl (C=O) groups is 1. The van der Waals surface area contributed by atoms with E-state index in [0.717, 1.165) is 49.5 Å². The second-order valence-corrected chi connectivity index (χ2v) is 7.63. The molecule has 28 heavy (non-hydrogen) atoms. The lowest BCUT2D eigenvalue weighted by Crippen LogP contribution is -2.41. The first-order valence-electron chi connectivity index (χ1n) is 10.2. The predicted molar refractivity (Wildman–Crippen MR) is 114 cm³/mol. The number of rotatable bonds is 5. The van der Waals surface area contributed by atoms with E-state index in [2.05, 4.69) is 64.2 Å². The zero-order chi connectivity index (χ0) is 19.5. The molecular weight excluding hydrogens is 348 g/mol. The Morgan fingerprint density at radius 2 is 1.93 bits per heavy atom. The molecule has 0 atom stereocenters. The van der Waals surface area contributed by atoms with Crippen LogP contribution in [-0.4, -0.2) is 35.1 Å². The number of carbonyl (C=O) groups excluding carboxylic acids is 1. The van der Waals surface area contributed by atoms with Gasteiger partial charge in [-0.15, -0.1) is 0 Å². The largest absolute Gasteiger partial charge is 0.356 e. The highest BCUT2D eigenvalue weighted by Crippen LogP contribution is 2.28. The van der Waals surface area contributed by atoms with E-state index in [-0.39, 0.29) is 11.8 Å². The first-order valence-corrected chi connectivity index (χ1v) is 10.2. The van der Waals surface area contributed by atoms with Gasteiger partial charge in [0, 0.05) is 25.6 Å². The molecule has 3 aromatic rings. The van der Waals surface area contributed by atoms with Crippen LogP contribution in [0.1, 0.15) is 30.9 Å². The number of hydrogen-bond donors (Lipinski definition) is 1. The zero-order valence-electron chi connectivity index (χ0n) is 16.7. The first kappa shape index (κ1) is 18.5. The highest BCUT2D eigenvalue weighted by atomic mass is 16.1. The van der Waals surface area contributed by atoms with Crippen LogP contribution in [0.5, 0.6) is 0 Å². The van der Waals surface area contributed by atoms with Gasteiger partial charge in [-0.3, -0.25) is 4.79 Å². The number of para-hydroxylation sites is 2. The van der Waals surface area contributed by atoms with Gasteiger partial charge in [-0.1, -0.05) is 42.0 Å². The summed E-state index contributed by atoms with van der Waals surface area (Å²) in [7, 11) is 0. The number of fused-ring (bicyclic) bond motifs is 1. The average molecular weight is 377 g/mol. The van der Waals surface area contributed by atoms with Crippen molar-refractivity contribution in [3.05, 3.63) is 59.7 Å². The van der Waals surface area contributed by atoms with E-state index in [1.165, 1.54) is 11.1 Å². The molecular formula is C23H28N4O. The number of imidazole rings is 1. The van der Waals surface area contributed by atoms with E-state index in [9.17, 15) is 4.79 Å². The van der Waals surface area contributed by atoms with Crippen LogP contribution in [0.4, 0.5) is 5.95 Å². The molecule has 0 spiro atoms. The van der Waals surface area contributed by atoms with E-state index in [1.807, 2.05) is 13.0 Å². The van der Waals surface area contributed by atoms with Crippen LogP contribution < -0.4 is 10.2 Å². The molecule has 4 rings (SSSR count). The Morgan fingerprint density at radius 1 is 1.14 bits per heavy atom. The van der Waals surface area contributed by atoms with Crippen LogP contribution in [0.25, 0.3) is 11.0 Å². The maximum absolute atomic E-state index is 12.2. The van der Waals surface area contributed by atoms with Crippen LogP contribution >= 0.6 is 0 Å². The maximum atomic E-state index is 12.2. The van der Waals surface area contributed by atoms with Crippen LogP contribution in [0.3, 0.4) is 0 Å². The quantitative estimate of drug-likeness (QED) is 0.738. The number of nitrogens with zero attached hydrogens (tertiary/aromatic N) is 3. The van der Waals surface area contributed by atoms with Crippen molar-refractivity contribution in [2.24, 2.45) is 5.92 Å². The molecule has 0 aliphatic carbocycles. The van der Waals surface area contributed by atoms with Crippen molar-refractivity contribution in [2.75, 3.05) is 24.5 Å². The summed E-state index contributed by atoms with van der Waals surface area (Å²) >= 11 is 0. The van der Waals surface area contributed by atoms with Crippen molar-refractivity contribution in [1.29, 1.82) is 0 Å². The summed E-state index contributed by atoms with van der Waals surface area (Å²) in [5, 5.41) is 2.96. The standard InChI is InChI=1S/C23H28N4O/c1-3-24-22(28)19-11-13-26(14-12-19)23-25-20-9-4-5-10-21(20)27(23)16-18-8-6-7-17(2)15-18/h4-10,15,19H,3,11-14,16H2,1-2H3,(H,24,28). The van der Waals surface area contributed by atoms with Gasteiger partial charge in [-0.2, -0.15) is 0 Å². The third-order valence-corrected chi connectivity index (χ3v) is 5.56. The molecule has 1 N–H and O–H groups in total. The number of amides is 1. The molecule has 1 aliphatic heterocycles. The van der Waals surface area contributed by atoms with Crippen molar-refractivity contribution in [3.8, 4) is 0 Å². The number of nitrogens with one attached hydrogen (secondary N) is 1. The van der Waals surface area contributed by atoms with Crippen LogP contribution in [0, 0.1) is 12.8 Å². The smallest absolute Gasteiger partial charge is 0.223 e. The van der Waals surface area contributed by atoms with Gasteiger partial charge in [-0.05, 0) is 44.4 Å². The minimum atomic E-state index is 0.116. The lowest BCUT2D eigenvalue weighted by molar-refractivity contribution is -0.125. The minimum absolute atomic E-state index is 0.116. The van der Waals surface area contributed by atoms with Gasteiger partial charge in [0.05, 0.1) is 17.6 Å². The summed E-state index contributed by atoms with van der Waals surface area (Å²) in [6.07, 6.45) is 1.75. The molecule has 0 bridgehead atoms. The van der Waals surface area contributed by atoms with Gasteiger partial charge in [0.1, 0.15) is 0 Å². The van der Waals surface area contributed by atoms with Crippen molar-refractivity contribution in [3.63, 3.8) is 0 Å². The Bertz CT molecular complexity index is 970. The number of piperidine rings is 1. The zero-order valence-corrected chi connectivity index (χ0v) is 16.7. The monoisotopic (exact) mass is 376 g/mol. The molecule has 5 nitrogen and oxygen atoms in total. The second kappa shape index (κ2) is 8.05. The van der Waals surface area contributed by atoms with Gasteiger partial charge in [0.15, 0.2) is 0 Å². The summed E-state index contributed by atoms with van der Waals surface area (Å²) < 4.78 is 2.32. The number of aromatic nitrogens is 2. The molecule has 146 valence electrons. The fourth-order valence-corrected chi connectivity index (χ4v) is 4.11. The molecule has 0 unspecified atom stereocenters. The molecule has 0 saturated carbocycles. The number of aryl methyl sites for hydroxylation is 1. The topological polar surface area (TPSA) is 50.2 Å². The summed E-state index contributed by atoms with van der Waals surface area (Å²) in [5.41, 5.74) is 4.73. The van der Waals surface area contributed by atoms with E-state index in [0.29, 0.717) is 6.54 Å². The highest BCUT2D eigenvalue weighted by molar-refractivity contribution is 5.80. The van der Waals surface area contributed by atoms with E-state index in [1.54, 1.807) is 0 Å². The van der Waals surface area contributed by atoms with Gasteiger partial charge < -0.3 is 14.8 Å². The SMILES string of the molecule is CCNC(=O)C1CCN(c2nc3ccccc3n2Cc2cccc(C)c2)CC1. The Labute approximate surface area is 166 Å². The molecule has 1 aliphatic rings. The molecule has 0 radical (unpaired) electrons. The Hall–Kier alpha value is -2.82. The lowest BCUT2D eigenvalue weighted by atomic mass is 9.96. The molecule has 1 aromatic heterocycles. The predicted octanol–water partition coefficient (Wildman–Crippen LogP) is 3.75. The third-order valence-electron chi connectivity index (χ3n) is 5.56. The van der Waals surface area contributed by atoms with Gasteiger partial charge in [-0.25, -0.2) is 4.98 Å². The Kier molecular flexibility index (Phi) is 5.33. The van der Waals surface area contributed by atoms with E-state index < -0.39 is 0 Å². The van der Waals surface area contributed by atoms with Gasteiger partial charge >= 0.3 is 0 Å². The molecule has 5 heteroatoms. The normalized spacial score (nSPS) is 15.1. The van der Waals surface area contributed by atoms with E-state index >= 15 is 0 Å². The molecule has 1 fully saturated rings. The van der Waals surface area contributed by atoms with Gasteiger partial charge in [0.2, 0.25) is 11.9 Å². The highest BCUT2D eigenvalue weighted by Gasteiger charge is 2.27. The fourth-order valence-electron chi connectivity index (χ4n) is 4.11. The van der Waals surface area contributed by atoms with Gasteiger partial charge in [0.25, 0.3) is 0 Å². The van der Waals surface area contributed by atoms with Crippen molar-refractivity contribution >= 4 is 22.9 Å². The molecule has 2 heterocycles.